The first-order chi connectivity index (χ1) is 8.06. The fourth-order valence-corrected chi connectivity index (χ4v) is 1.85. The van der Waals surface area contributed by atoms with E-state index in [2.05, 4.69) is 21.1 Å². The van der Waals surface area contributed by atoms with Crippen LogP contribution in [-0.4, -0.2) is 29.0 Å². The average Bonchev–Trinajstić information content (AvgIpc) is 2.32. The number of hydrogen-bond donors (Lipinski definition) is 2. The van der Waals surface area contributed by atoms with Gasteiger partial charge in [-0.2, -0.15) is 0 Å². The molecule has 0 atom stereocenters. The zero-order valence-electron chi connectivity index (χ0n) is 9.53. The molecule has 0 bridgehead atoms. The maximum atomic E-state index is 13.5. The topological polar surface area (TPSA) is 61.8 Å². The molecule has 0 aliphatic carbocycles. The van der Waals surface area contributed by atoms with Crippen molar-refractivity contribution < 1.29 is 9.60 Å². The Hall–Kier alpha value is -1.14. The van der Waals surface area contributed by atoms with Crippen molar-refractivity contribution in [2.45, 2.75) is 13.5 Å². The third-order valence-electron chi connectivity index (χ3n) is 2.36. The first-order valence-electron chi connectivity index (χ1n) is 5.19. The molecule has 0 fully saturated rings. The molecule has 1 aromatic rings. The highest BCUT2D eigenvalue weighted by Gasteiger charge is 2.10. The summed E-state index contributed by atoms with van der Waals surface area (Å²) in [6, 6.07) is 4.79. The van der Waals surface area contributed by atoms with Gasteiger partial charge < -0.3 is 10.9 Å². The Balaban J connectivity index is 2.76. The molecule has 0 aliphatic rings. The number of nitrogens with two attached hydrogens (primary N) is 1. The predicted molar refractivity (Wildman–Crippen MR) is 68.5 cm³/mol. The van der Waals surface area contributed by atoms with Gasteiger partial charge in [0.15, 0.2) is 5.84 Å². The van der Waals surface area contributed by atoms with Crippen LogP contribution in [0.1, 0.15) is 12.5 Å². The van der Waals surface area contributed by atoms with Crippen molar-refractivity contribution in [3.63, 3.8) is 0 Å². The van der Waals surface area contributed by atoms with Crippen molar-refractivity contribution in [3.8, 4) is 0 Å². The van der Waals surface area contributed by atoms with E-state index in [0.717, 1.165) is 4.47 Å². The smallest absolute Gasteiger partial charge is 0.153 e. The molecule has 0 spiro atoms. The Bertz CT molecular complexity index is 412. The normalized spacial score (nSPS) is 12.1. The predicted octanol–water partition coefficient (Wildman–Crippen LogP) is 2.16. The minimum absolute atomic E-state index is 0.113. The zero-order valence-corrected chi connectivity index (χ0v) is 11.1. The molecule has 0 aromatic heterocycles. The lowest BCUT2D eigenvalue weighted by Crippen LogP contribution is -2.33. The highest BCUT2D eigenvalue weighted by atomic mass is 79.9. The van der Waals surface area contributed by atoms with Crippen LogP contribution in [0.5, 0.6) is 0 Å². The second-order valence-corrected chi connectivity index (χ2v) is 4.55. The number of halogens is 2. The maximum absolute atomic E-state index is 13.5. The van der Waals surface area contributed by atoms with Gasteiger partial charge in [-0.1, -0.05) is 28.0 Å². The van der Waals surface area contributed by atoms with E-state index in [1.54, 1.807) is 12.1 Å². The van der Waals surface area contributed by atoms with Crippen LogP contribution in [0.2, 0.25) is 0 Å². The summed E-state index contributed by atoms with van der Waals surface area (Å²) in [5.41, 5.74) is 6.00. The number of nitrogens with zero attached hydrogens (tertiary/aromatic N) is 2. The van der Waals surface area contributed by atoms with Crippen molar-refractivity contribution in [2.24, 2.45) is 10.9 Å². The second kappa shape index (κ2) is 6.56. The molecular formula is C11H15BrFN3O. The Morgan fingerprint density at radius 1 is 1.59 bits per heavy atom. The van der Waals surface area contributed by atoms with Crippen molar-refractivity contribution >= 4 is 21.8 Å². The van der Waals surface area contributed by atoms with Crippen LogP contribution in [0.25, 0.3) is 0 Å². The minimum atomic E-state index is -0.258. The maximum Gasteiger partial charge on any atom is 0.153 e. The fourth-order valence-electron chi connectivity index (χ4n) is 1.45. The van der Waals surface area contributed by atoms with Crippen molar-refractivity contribution in [1.82, 2.24) is 4.90 Å². The number of amidine groups is 1. The Labute approximate surface area is 108 Å². The van der Waals surface area contributed by atoms with E-state index < -0.39 is 0 Å². The number of benzene rings is 1. The molecule has 0 amide bonds. The number of hydrogen-bond acceptors (Lipinski definition) is 3. The summed E-state index contributed by atoms with van der Waals surface area (Å²) in [7, 11) is 0. The van der Waals surface area contributed by atoms with Gasteiger partial charge >= 0.3 is 0 Å². The first-order valence-corrected chi connectivity index (χ1v) is 5.98. The van der Waals surface area contributed by atoms with Crippen molar-refractivity contribution in [2.75, 3.05) is 13.1 Å². The SMILES string of the molecule is CCN(CC(N)=NO)Cc1cc(Br)ccc1F. The van der Waals surface area contributed by atoms with E-state index in [4.69, 9.17) is 10.9 Å². The molecule has 0 heterocycles. The summed E-state index contributed by atoms with van der Waals surface area (Å²) in [6.45, 7) is 3.33. The van der Waals surface area contributed by atoms with Crippen LogP contribution in [0, 0.1) is 5.82 Å². The second-order valence-electron chi connectivity index (χ2n) is 3.63. The van der Waals surface area contributed by atoms with Crippen molar-refractivity contribution in [1.29, 1.82) is 0 Å². The monoisotopic (exact) mass is 303 g/mol. The molecule has 1 rings (SSSR count). The molecule has 0 aliphatic heterocycles. The number of likely N-dealkylation sites (N-methyl/N-ethyl adjacent to an activating group) is 1. The molecule has 0 saturated carbocycles. The summed E-state index contributed by atoms with van der Waals surface area (Å²) in [5, 5.41) is 11.4. The molecule has 17 heavy (non-hydrogen) atoms. The van der Waals surface area contributed by atoms with Gasteiger partial charge in [0.1, 0.15) is 5.82 Å². The Morgan fingerprint density at radius 3 is 2.88 bits per heavy atom. The highest BCUT2D eigenvalue weighted by molar-refractivity contribution is 9.10. The highest BCUT2D eigenvalue weighted by Crippen LogP contribution is 2.17. The zero-order chi connectivity index (χ0) is 12.8. The molecule has 94 valence electrons. The summed E-state index contributed by atoms with van der Waals surface area (Å²) in [5.74, 6) is -0.145. The molecule has 0 unspecified atom stereocenters. The molecule has 0 saturated heterocycles. The first kappa shape index (κ1) is 13.9. The van der Waals surface area contributed by atoms with Crippen molar-refractivity contribution in [3.05, 3.63) is 34.1 Å². The fraction of sp³-hybridized carbons (Fsp3) is 0.364. The lowest BCUT2D eigenvalue weighted by Gasteiger charge is -2.19. The molecule has 3 N–H and O–H groups in total. The van der Waals surface area contributed by atoms with Gasteiger partial charge in [0.25, 0.3) is 0 Å². The summed E-state index contributed by atoms with van der Waals surface area (Å²) < 4.78 is 14.4. The van der Waals surface area contributed by atoms with E-state index in [-0.39, 0.29) is 11.7 Å². The molecule has 6 heteroatoms. The van der Waals surface area contributed by atoms with Crippen LogP contribution >= 0.6 is 15.9 Å². The third kappa shape index (κ3) is 4.32. The third-order valence-corrected chi connectivity index (χ3v) is 2.86. The van der Waals surface area contributed by atoms with E-state index in [9.17, 15) is 4.39 Å². The molecule has 4 nitrogen and oxygen atoms in total. The van der Waals surface area contributed by atoms with E-state index in [1.807, 2.05) is 11.8 Å². The molecule has 0 radical (unpaired) electrons. The van der Waals surface area contributed by atoms with Crippen LogP contribution in [0.15, 0.2) is 27.8 Å². The Morgan fingerprint density at radius 2 is 2.29 bits per heavy atom. The largest absolute Gasteiger partial charge is 0.409 e. The average molecular weight is 304 g/mol. The summed E-state index contributed by atoms with van der Waals surface area (Å²) in [6.07, 6.45) is 0. The minimum Gasteiger partial charge on any atom is -0.409 e. The van der Waals surface area contributed by atoms with Crippen LogP contribution < -0.4 is 5.73 Å². The van der Waals surface area contributed by atoms with Gasteiger partial charge in [-0.15, -0.1) is 0 Å². The quantitative estimate of drug-likeness (QED) is 0.379. The van der Waals surface area contributed by atoms with E-state index >= 15 is 0 Å². The Kier molecular flexibility index (Phi) is 5.37. The lowest BCUT2D eigenvalue weighted by atomic mass is 10.2. The standard InChI is InChI=1S/C11H15BrFN3O/c1-2-16(7-11(14)15-17)6-8-5-9(12)3-4-10(8)13/h3-5,17H,2,6-7H2,1H3,(H2,14,15). The van der Waals surface area contributed by atoms with Gasteiger partial charge in [0.05, 0.1) is 6.54 Å². The van der Waals surface area contributed by atoms with Gasteiger partial charge in [-0.25, -0.2) is 4.39 Å². The van der Waals surface area contributed by atoms with Gasteiger partial charge in [0, 0.05) is 16.6 Å². The molecule has 1 aromatic carbocycles. The van der Waals surface area contributed by atoms with E-state index in [1.165, 1.54) is 6.07 Å². The van der Waals surface area contributed by atoms with Gasteiger partial charge in [-0.05, 0) is 24.7 Å². The summed E-state index contributed by atoms with van der Waals surface area (Å²) >= 11 is 3.30. The van der Waals surface area contributed by atoms with E-state index in [0.29, 0.717) is 25.2 Å². The molecular weight excluding hydrogens is 289 g/mol. The number of rotatable bonds is 5. The van der Waals surface area contributed by atoms with Gasteiger partial charge in [0.2, 0.25) is 0 Å². The van der Waals surface area contributed by atoms with Crippen LogP contribution in [-0.2, 0) is 6.54 Å². The lowest BCUT2D eigenvalue weighted by molar-refractivity contribution is 0.292. The van der Waals surface area contributed by atoms with Crippen LogP contribution in [0.4, 0.5) is 4.39 Å². The summed E-state index contributed by atoms with van der Waals surface area (Å²) in [4.78, 5) is 1.87. The van der Waals surface area contributed by atoms with Gasteiger partial charge in [-0.3, -0.25) is 4.90 Å². The number of oxime groups is 1. The van der Waals surface area contributed by atoms with Crippen LogP contribution in [0.3, 0.4) is 0 Å².